The number of rotatable bonds is 2. The second-order valence-corrected chi connectivity index (χ2v) is 5.03. The quantitative estimate of drug-likeness (QED) is 0.676. The third kappa shape index (κ3) is 1.63. The highest BCUT2D eigenvalue weighted by Gasteiger charge is 2.48. The zero-order chi connectivity index (χ0) is 13.1. The van der Waals surface area contributed by atoms with Crippen LogP contribution in [0.5, 0.6) is 0 Å². The van der Waals surface area contributed by atoms with Crippen molar-refractivity contribution in [2.75, 3.05) is 6.54 Å². The summed E-state index contributed by atoms with van der Waals surface area (Å²) >= 11 is 0. The van der Waals surface area contributed by atoms with Gasteiger partial charge in [0.2, 0.25) is 0 Å². The van der Waals surface area contributed by atoms with Crippen LogP contribution in [0.2, 0.25) is 0 Å². The number of amides is 2. The molecule has 3 heterocycles. The summed E-state index contributed by atoms with van der Waals surface area (Å²) in [6, 6.07) is -1.32. The molecule has 2 aliphatic heterocycles. The number of hydrogen-bond acceptors (Lipinski definition) is 6. The first kappa shape index (κ1) is 11.4. The summed E-state index contributed by atoms with van der Waals surface area (Å²) in [5, 5.41) is 8.76. The molecule has 2 aliphatic rings. The Morgan fingerprint density at radius 1 is 1.44 bits per heavy atom. The van der Waals surface area contributed by atoms with E-state index in [1.807, 2.05) is 0 Å². The van der Waals surface area contributed by atoms with Crippen LogP contribution in [-0.2, 0) is 28.3 Å². The molecule has 1 fully saturated rings. The van der Waals surface area contributed by atoms with Gasteiger partial charge in [0.1, 0.15) is 17.4 Å². The van der Waals surface area contributed by atoms with Gasteiger partial charge in [-0.2, -0.15) is 28.5 Å². The number of urea groups is 1. The lowest BCUT2D eigenvalue weighted by Crippen LogP contribution is -2.32. The Labute approximate surface area is 102 Å². The molecule has 0 aliphatic carbocycles. The summed E-state index contributed by atoms with van der Waals surface area (Å²) in [5.74, 6) is 0. The van der Waals surface area contributed by atoms with E-state index in [2.05, 4.69) is 14.5 Å². The molecule has 18 heavy (non-hydrogen) atoms. The average Bonchev–Trinajstić information content (AvgIpc) is 2.71. The van der Waals surface area contributed by atoms with Crippen molar-refractivity contribution >= 4 is 16.4 Å². The predicted octanol–water partition coefficient (Wildman–Crippen LogP) is -1.16. The highest BCUT2D eigenvalue weighted by atomic mass is 32.3. The molecule has 2 amide bonds. The number of aromatic nitrogens is 3. The average molecular weight is 275 g/mol. The Morgan fingerprint density at radius 3 is 2.83 bits per heavy atom. The van der Waals surface area contributed by atoms with Gasteiger partial charge in [0.25, 0.3) is 0 Å². The lowest BCUT2D eigenvalue weighted by molar-refractivity contribution is -0.0328. The molecule has 1 unspecified atom stereocenters. The Bertz CT molecular complexity index is 624. The van der Waals surface area contributed by atoms with Gasteiger partial charge < -0.3 is 4.90 Å². The maximum Gasteiger partial charge on any atom is 0.418 e. The summed E-state index contributed by atoms with van der Waals surface area (Å²) < 4.78 is 34.4. The Hall–Kier alpha value is -1.72. The zero-order valence-electron chi connectivity index (χ0n) is 9.22. The molecule has 98 valence electrons. The summed E-state index contributed by atoms with van der Waals surface area (Å²) in [6.07, 6.45) is 0. The highest BCUT2D eigenvalue weighted by molar-refractivity contribution is 7.80. The summed E-state index contributed by atoms with van der Waals surface area (Å²) in [6.45, 7) is 0.490. The zero-order valence-corrected chi connectivity index (χ0v) is 10.0. The molecular weight excluding hydrogens is 266 g/mol. The van der Waals surface area contributed by atoms with Gasteiger partial charge >= 0.3 is 16.4 Å². The maximum absolute atomic E-state index is 11.8. The van der Waals surface area contributed by atoms with E-state index in [0.29, 0.717) is 16.5 Å². The highest BCUT2D eigenvalue weighted by Crippen LogP contribution is 2.36. The number of nitrogens with zero attached hydrogens (tertiary/aromatic N) is 5. The molecule has 2 bridgehead atoms. The Morgan fingerprint density at radius 2 is 2.17 bits per heavy atom. The molecule has 3 rings (SSSR count). The lowest BCUT2D eigenvalue weighted by atomic mass is 10.1. The van der Waals surface area contributed by atoms with Crippen molar-refractivity contribution in [1.82, 2.24) is 25.0 Å². The maximum atomic E-state index is 11.8. The molecule has 1 N–H and O–H groups in total. The van der Waals surface area contributed by atoms with Crippen molar-refractivity contribution in [2.45, 2.75) is 12.6 Å². The first-order chi connectivity index (χ1) is 8.35. The second-order valence-electron chi connectivity index (χ2n) is 4.03. The number of hydroxylamine groups is 2. The van der Waals surface area contributed by atoms with Crippen molar-refractivity contribution in [3.05, 3.63) is 11.4 Å². The van der Waals surface area contributed by atoms with Crippen molar-refractivity contribution in [3.8, 4) is 0 Å². The van der Waals surface area contributed by atoms with Crippen LogP contribution in [0.4, 0.5) is 4.79 Å². The third-order valence-corrected chi connectivity index (χ3v) is 3.13. The van der Waals surface area contributed by atoms with E-state index in [1.54, 1.807) is 7.05 Å². The van der Waals surface area contributed by atoms with Crippen molar-refractivity contribution in [3.63, 3.8) is 0 Å². The molecule has 0 saturated carbocycles. The van der Waals surface area contributed by atoms with E-state index < -0.39 is 22.5 Å². The van der Waals surface area contributed by atoms with E-state index in [0.717, 1.165) is 0 Å². The molecule has 0 aromatic carbocycles. The van der Waals surface area contributed by atoms with Gasteiger partial charge in [0.05, 0.1) is 13.1 Å². The van der Waals surface area contributed by atoms with E-state index in [9.17, 15) is 13.2 Å². The van der Waals surface area contributed by atoms with Gasteiger partial charge in [0.15, 0.2) is 0 Å². The molecule has 0 spiro atoms. The fourth-order valence-corrected chi connectivity index (χ4v) is 2.53. The number of aryl methyl sites for hydroxylation is 1. The van der Waals surface area contributed by atoms with Crippen LogP contribution in [0.15, 0.2) is 0 Å². The fraction of sp³-hybridized carbons (Fsp3) is 0.571. The van der Waals surface area contributed by atoms with Crippen LogP contribution in [0.25, 0.3) is 0 Å². The SMILES string of the molecule is Cn1nc2c(n1)C1CN(C2)C(=O)N1OS(=O)(=O)O. The van der Waals surface area contributed by atoms with Crippen LogP contribution in [0.1, 0.15) is 17.4 Å². The Balaban J connectivity index is 2.01. The molecule has 1 aromatic heterocycles. The lowest BCUT2D eigenvalue weighted by Gasteiger charge is -2.18. The van der Waals surface area contributed by atoms with Crippen LogP contribution < -0.4 is 0 Å². The molecule has 1 atom stereocenters. The number of carbonyl (C=O) groups excluding carboxylic acids is 1. The monoisotopic (exact) mass is 275 g/mol. The fourth-order valence-electron chi connectivity index (χ4n) is 2.16. The van der Waals surface area contributed by atoms with E-state index in [4.69, 9.17) is 4.55 Å². The third-order valence-electron chi connectivity index (χ3n) is 2.78. The van der Waals surface area contributed by atoms with Gasteiger partial charge in [0, 0.05) is 7.05 Å². The van der Waals surface area contributed by atoms with Crippen molar-refractivity contribution in [2.24, 2.45) is 7.05 Å². The van der Waals surface area contributed by atoms with E-state index in [1.165, 1.54) is 9.70 Å². The van der Waals surface area contributed by atoms with Gasteiger partial charge in [-0.1, -0.05) is 0 Å². The topological polar surface area (TPSA) is 118 Å². The standard InChI is InChI=1S/C7H9N5O5S/c1-10-8-4-2-11-3-5(6(4)9-10)12(7(11)13)17-18(14,15)16/h5H,2-3H2,1H3,(H,14,15,16). The van der Waals surface area contributed by atoms with Crippen LogP contribution in [-0.4, -0.2) is 50.5 Å². The minimum absolute atomic E-state index is 0.240. The van der Waals surface area contributed by atoms with Crippen LogP contribution >= 0.6 is 0 Å². The summed E-state index contributed by atoms with van der Waals surface area (Å²) in [7, 11) is -3.13. The number of fused-ring (bicyclic) bond motifs is 4. The van der Waals surface area contributed by atoms with Gasteiger partial charge in [-0.3, -0.25) is 4.55 Å². The molecule has 0 radical (unpaired) electrons. The molecule has 10 nitrogen and oxygen atoms in total. The van der Waals surface area contributed by atoms with Crippen LogP contribution in [0.3, 0.4) is 0 Å². The van der Waals surface area contributed by atoms with Crippen molar-refractivity contribution in [1.29, 1.82) is 0 Å². The summed E-state index contributed by atoms with van der Waals surface area (Å²) in [5.41, 5.74) is 1.06. The normalized spacial score (nSPS) is 22.6. The minimum atomic E-state index is -4.75. The van der Waals surface area contributed by atoms with Crippen molar-refractivity contribution < 1.29 is 22.0 Å². The van der Waals surface area contributed by atoms with Crippen LogP contribution in [0, 0.1) is 0 Å². The number of carbonyl (C=O) groups is 1. The summed E-state index contributed by atoms with van der Waals surface area (Å²) in [4.78, 5) is 14.5. The number of hydrogen-bond donors (Lipinski definition) is 1. The first-order valence-electron chi connectivity index (χ1n) is 5.00. The van der Waals surface area contributed by atoms with Gasteiger partial charge in [-0.25, -0.2) is 4.79 Å². The molecule has 1 aromatic rings. The minimum Gasteiger partial charge on any atom is -0.314 e. The first-order valence-corrected chi connectivity index (χ1v) is 6.37. The van der Waals surface area contributed by atoms with Gasteiger partial charge in [-0.15, -0.1) is 4.28 Å². The Kier molecular flexibility index (Phi) is 2.15. The predicted molar refractivity (Wildman–Crippen MR) is 54.0 cm³/mol. The molecule has 11 heteroatoms. The smallest absolute Gasteiger partial charge is 0.314 e. The second kappa shape index (κ2) is 3.40. The molecule has 1 saturated heterocycles. The van der Waals surface area contributed by atoms with E-state index >= 15 is 0 Å². The van der Waals surface area contributed by atoms with E-state index in [-0.39, 0.29) is 13.1 Å². The van der Waals surface area contributed by atoms with Gasteiger partial charge in [-0.05, 0) is 0 Å². The largest absolute Gasteiger partial charge is 0.418 e. The molecular formula is C7H9N5O5S.